The molecule has 0 radical (unpaired) electrons. The van der Waals surface area contributed by atoms with Gasteiger partial charge in [-0.25, -0.2) is 0 Å². The third-order valence-electron chi connectivity index (χ3n) is 4.23. The molecule has 1 aromatic rings. The van der Waals surface area contributed by atoms with Crippen LogP contribution in [0.1, 0.15) is 32.8 Å². The number of halogens is 1. The van der Waals surface area contributed by atoms with Gasteiger partial charge in [-0.1, -0.05) is 22.9 Å². The zero-order valence-electron chi connectivity index (χ0n) is 12.9. The van der Waals surface area contributed by atoms with Crippen LogP contribution in [0.3, 0.4) is 0 Å². The van der Waals surface area contributed by atoms with Gasteiger partial charge in [-0.2, -0.15) is 0 Å². The average Bonchev–Trinajstić information content (AvgIpc) is 2.43. The number of ether oxygens (including phenoxy) is 1. The SMILES string of the molecule is CCC1CN(Cc2cc(OC)ccc2Br)C(C)(C)CN1. The first-order valence-corrected chi connectivity index (χ1v) is 8.06. The first-order valence-electron chi connectivity index (χ1n) is 7.27. The van der Waals surface area contributed by atoms with Crippen molar-refractivity contribution in [2.24, 2.45) is 0 Å². The molecule has 0 amide bonds. The monoisotopic (exact) mass is 340 g/mol. The van der Waals surface area contributed by atoms with Gasteiger partial charge in [0.2, 0.25) is 0 Å². The Morgan fingerprint density at radius 1 is 1.45 bits per heavy atom. The highest BCUT2D eigenvalue weighted by molar-refractivity contribution is 9.10. The quantitative estimate of drug-likeness (QED) is 0.908. The maximum Gasteiger partial charge on any atom is 0.119 e. The van der Waals surface area contributed by atoms with Crippen molar-refractivity contribution in [2.75, 3.05) is 20.2 Å². The maximum atomic E-state index is 5.34. The molecule has 0 aromatic heterocycles. The minimum absolute atomic E-state index is 0.175. The first-order chi connectivity index (χ1) is 9.46. The van der Waals surface area contributed by atoms with Crippen molar-refractivity contribution >= 4 is 15.9 Å². The predicted octanol–water partition coefficient (Wildman–Crippen LogP) is 3.42. The fourth-order valence-corrected chi connectivity index (χ4v) is 3.01. The second-order valence-corrected chi connectivity index (χ2v) is 6.99. The Bertz CT molecular complexity index is 462. The fraction of sp³-hybridized carbons (Fsp3) is 0.625. The maximum absolute atomic E-state index is 5.34. The molecule has 3 nitrogen and oxygen atoms in total. The molecule has 0 bridgehead atoms. The summed E-state index contributed by atoms with van der Waals surface area (Å²) in [6.45, 7) is 9.93. The summed E-state index contributed by atoms with van der Waals surface area (Å²) in [6, 6.07) is 6.78. The zero-order valence-corrected chi connectivity index (χ0v) is 14.5. The number of methoxy groups -OCH3 is 1. The Labute approximate surface area is 130 Å². The minimum atomic E-state index is 0.175. The number of nitrogens with one attached hydrogen (secondary N) is 1. The third kappa shape index (κ3) is 3.54. The Hall–Kier alpha value is -0.580. The molecule has 20 heavy (non-hydrogen) atoms. The van der Waals surface area contributed by atoms with Gasteiger partial charge in [0.25, 0.3) is 0 Å². The molecule has 0 aliphatic carbocycles. The third-order valence-corrected chi connectivity index (χ3v) is 5.00. The molecule has 1 saturated heterocycles. The van der Waals surface area contributed by atoms with E-state index in [2.05, 4.69) is 59.1 Å². The molecule has 1 atom stereocenters. The molecule has 1 N–H and O–H groups in total. The summed E-state index contributed by atoms with van der Waals surface area (Å²) in [4.78, 5) is 2.57. The van der Waals surface area contributed by atoms with Crippen molar-refractivity contribution in [3.05, 3.63) is 28.2 Å². The molecule has 1 aliphatic heterocycles. The molecule has 2 rings (SSSR count). The molecule has 1 unspecified atom stereocenters. The van der Waals surface area contributed by atoms with Crippen molar-refractivity contribution in [3.8, 4) is 5.75 Å². The van der Waals surface area contributed by atoms with Gasteiger partial charge >= 0.3 is 0 Å². The zero-order chi connectivity index (χ0) is 14.8. The van der Waals surface area contributed by atoms with Gasteiger partial charge in [0.15, 0.2) is 0 Å². The Morgan fingerprint density at radius 2 is 2.20 bits per heavy atom. The normalized spacial score (nSPS) is 22.8. The summed E-state index contributed by atoms with van der Waals surface area (Å²) in [5.41, 5.74) is 1.46. The van der Waals surface area contributed by atoms with Crippen LogP contribution in [-0.2, 0) is 6.54 Å². The van der Waals surface area contributed by atoms with Crippen molar-refractivity contribution in [1.82, 2.24) is 10.2 Å². The van der Waals surface area contributed by atoms with E-state index in [1.54, 1.807) is 7.11 Å². The molecular formula is C16H25BrN2O. The van der Waals surface area contributed by atoms with Crippen LogP contribution in [0.15, 0.2) is 22.7 Å². The van der Waals surface area contributed by atoms with Gasteiger partial charge in [0.05, 0.1) is 7.11 Å². The van der Waals surface area contributed by atoms with E-state index in [4.69, 9.17) is 4.74 Å². The van der Waals surface area contributed by atoms with Crippen LogP contribution in [0.2, 0.25) is 0 Å². The molecule has 112 valence electrons. The summed E-state index contributed by atoms with van der Waals surface area (Å²) in [6.07, 6.45) is 1.17. The van der Waals surface area contributed by atoms with Crippen LogP contribution in [0, 0.1) is 0 Å². The number of benzene rings is 1. The summed E-state index contributed by atoms with van der Waals surface area (Å²) in [5, 5.41) is 3.63. The highest BCUT2D eigenvalue weighted by atomic mass is 79.9. The summed E-state index contributed by atoms with van der Waals surface area (Å²) in [7, 11) is 1.72. The van der Waals surface area contributed by atoms with Gasteiger partial charge in [-0.15, -0.1) is 0 Å². The van der Waals surface area contributed by atoms with E-state index in [0.717, 1.165) is 29.9 Å². The molecule has 0 saturated carbocycles. The van der Waals surface area contributed by atoms with Crippen molar-refractivity contribution in [2.45, 2.75) is 45.3 Å². The average molecular weight is 341 g/mol. The highest BCUT2D eigenvalue weighted by Crippen LogP contribution is 2.28. The van der Waals surface area contributed by atoms with Gasteiger partial charge in [-0.05, 0) is 44.0 Å². The number of nitrogens with zero attached hydrogens (tertiary/aromatic N) is 1. The molecule has 1 fully saturated rings. The standard InChI is InChI=1S/C16H25BrN2O/c1-5-13-10-19(16(2,3)11-18-13)9-12-8-14(20-4)6-7-15(12)17/h6-8,13,18H,5,9-11H2,1-4H3. The van der Waals surface area contributed by atoms with Crippen LogP contribution in [0.5, 0.6) is 5.75 Å². The Morgan fingerprint density at radius 3 is 2.85 bits per heavy atom. The van der Waals surface area contributed by atoms with Crippen LogP contribution in [0.25, 0.3) is 0 Å². The lowest BCUT2D eigenvalue weighted by Crippen LogP contribution is -2.61. The van der Waals surface area contributed by atoms with Crippen LogP contribution in [0.4, 0.5) is 0 Å². The molecular weight excluding hydrogens is 316 g/mol. The van der Waals surface area contributed by atoms with E-state index in [9.17, 15) is 0 Å². The predicted molar refractivity (Wildman–Crippen MR) is 87.3 cm³/mol. The summed E-state index contributed by atoms with van der Waals surface area (Å²) >= 11 is 3.66. The lowest BCUT2D eigenvalue weighted by Gasteiger charge is -2.46. The van der Waals surface area contributed by atoms with Gasteiger partial charge < -0.3 is 10.1 Å². The van der Waals surface area contributed by atoms with Crippen LogP contribution >= 0.6 is 15.9 Å². The van der Waals surface area contributed by atoms with Crippen LogP contribution < -0.4 is 10.1 Å². The summed E-state index contributed by atoms with van der Waals surface area (Å²) < 4.78 is 6.49. The lowest BCUT2D eigenvalue weighted by molar-refractivity contribution is 0.0574. The van der Waals surface area contributed by atoms with Gasteiger partial charge in [-0.3, -0.25) is 4.90 Å². The molecule has 4 heteroatoms. The largest absolute Gasteiger partial charge is 0.497 e. The van der Waals surface area contributed by atoms with Gasteiger partial charge in [0.1, 0.15) is 5.75 Å². The van der Waals surface area contributed by atoms with E-state index in [-0.39, 0.29) is 5.54 Å². The van der Waals surface area contributed by atoms with E-state index in [1.807, 2.05) is 6.07 Å². The number of hydrogen-bond acceptors (Lipinski definition) is 3. The molecule has 1 aliphatic rings. The summed E-state index contributed by atoms with van der Waals surface area (Å²) in [5.74, 6) is 0.920. The van der Waals surface area contributed by atoms with Crippen molar-refractivity contribution < 1.29 is 4.74 Å². The molecule has 1 aromatic carbocycles. The number of hydrogen-bond donors (Lipinski definition) is 1. The van der Waals surface area contributed by atoms with E-state index in [1.165, 1.54) is 12.0 Å². The molecule has 1 heterocycles. The van der Waals surface area contributed by atoms with Crippen molar-refractivity contribution in [1.29, 1.82) is 0 Å². The second kappa shape index (κ2) is 6.46. The van der Waals surface area contributed by atoms with E-state index >= 15 is 0 Å². The van der Waals surface area contributed by atoms with E-state index in [0.29, 0.717) is 6.04 Å². The highest BCUT2D eigenvalue weighted by Gasteiger charge is 2.33. The lowest BCUT2D eigenvalue weighted by atomic mass is 9.95. The first kappa shape index (κ1) is 15.8. The Kier molecular flexibility index (Phi) is 5.10. The van der Waals surface area contributed by atoms with Crippen LogP contribution in [-0.4, -0.2) is 36.7 Å². The number of rotatable bonds is 4. The number of piperazine rings is 1. The topological polar surface area (TPSA) is 24.5 Å². The second-order valence-electron chi connectivity index (χ2n) is 6.14. The van der Waals surface area contributed by atoms with Crippen molar-refractivity contribution in [3.63, 3.8) is 0 Å². The van der Waals surface area contributed by atoms with Gasteiger partial charge in [0, 0.05) is 35.7 Å². The molecule has 0 spiro atoms. The minimum Gasteiger partial charge on any atom is -0.497 e. The smallest absolute Gasteiger partial charge is 0.119 e. The Balaban J connectivity index is 2.18. The van der Waals surface area contributed by atoms with E-state index < -0.39 is 0 Å². The fourth-order valence-electron chi connectivity index (χ4n) is 2.64.